The molecule has 0 aromatic carbocycles. The Morgan fingerprint density at radius 1 is 1.12 bits per heavy atom. The van der Waals surface area contributed by atoms with Crippen LogP contribution in [0, 0.1) is 5.92 Å². The maximum absolute atomic E-state index is 6.23. The highest BCUT2D eigenvalue weighted by atomic mass is 35.5. The van der Waals surface area contributed by atoms with Gasteiger partial charge in [0.05, 0.1) is 5.02 Å². The number of rotatable bonds is 5. The van der Waals surface area contributed by atoms with Crippen molar-refractivity contribution < 1.29 is 9.47 Å². The lowest BCUT2D eigenvalue weighted by atomic mass is 9.79. The standard InChI is InChI=1S/C20H23ClN2O2/c21-16-3-4-17(23-13-16)10-14-11-18(12-14)25-20-19(2-1-7-22-20)15-5-8-24-9-6-15/h1-4,7,13-15,18H,5-6,8-12H2. The number of nitrogens with zero attached hydrogens (tertiary/aromatic N) is 2. The first kappa shape index (κ1) is 16.8. The van der Waals surface area contributed by atoms with Gasteiger partial charge in [0.1, 0.15) is 6.10 Å². The molecule has 1 aliphatic carbocycles. The van der Waals surface area contributed by atoms with Crippen molar-refractivity contribution in [2.45, 2.75) is 44.1 Å². The van der Waals surface area contributed by atoms with Crippen molar-refractivity contribution in [3.05, 3.63) is 52.9 Å². The smallest absolute Gasteiger partial charge is 0.217 e. The Morgan fingerprint density at radius 2 is 1.96 bits per heavy atom. The van der Waals surface area contributed by atoms with E-state index < -0.39 is 0 Å². The second kappa shape index (κ2) is 7.71. The van der Waals surface area contributed by atoms with Gasteiger partial charge >= 0.3 is 0 Å². The molecule has 132 valence electrons. The third-order valence-electron chi connectivity index (χ3n) is 5.22. The van der Waals surface area contributed by atoms with E-state index in [1.54, 1.807) is 6.20 Å². The second-order valence-electron chi connectivity index (χ2n) is 7.03. The molecule has 4 nitrogen and oxygen atoms in total. The third-order valence-corrected chi connectivity index (χ3v) is 5.44. The van der Waals surface area contributed by atoms with Crippen LogP contribution in [0.1, 0.15) is 42.9 Å². The summed E-state index contributed by atoms with van der Waals surface area (Å²) in [5.41, 5.74) is 2.35. The van der Waals surface area contributed by atoms with E-state index in [1.807, 2.05) is 24.4 Å². The van der Waals surface area contributed by atoms with Crippen molar-refractivity contribution >= 4 is 11.6 Å². The van der Waals surface area contributed by atoms with E-state index in [0.717, 1.165) is 56.9 Å². The fourth-order valence-electron chi connectivity index (χ4n) is 3.74. The van der Waals surface area contributed by atoms with Crippen LogP contribution in [-0.4, -0.2) is 29.3 Å². The lowest BCUT2D eigenvalue weighted by molar-refractivity contribution is 0.0561. The lowest BCUT2D eigenvalue weighted by Crippen LogP contribution is -2.35. The van der Waals surface area contributed by atoms with Gasteiger partial charge in [-0.1, -0.05) is 17.7 Å². The second-order valence-corrected chi connectivity index (χ2v) is 7.47. The number of halogens is 1. The van der Waals surface area contributed by atoms with Gasteiger partial charge in [0, 0.05) is 36.9 Å². The maximum Gasteiger partial charge on any atom is 0.217 e. The summed E-state index contributed by atoms with van der Waals surface area (Å²) in [5.74, 6) is 1.96. The van der Waals surface area contributed by atoms with Gasteiger partial charge in [0.15, 0.2) is 0 Å². The monoisotopic (exact) mass is 358 g/mol. The Kier molecular flexibility index (Phi) is 5.18. The highest BCUT2D eigenvalue weighted by molar-refractivity contribution is 6.30. The molecule has 2 aliphatic rings. The average molecular weight is 359 g/mol. The summed E-state index contributed by atoms with van der Waals surface area (Å²) in [5, 5.41) is 0.689. The molecule has 1 saturated heterocycles. The fraction of sp³-hybridized carbons (Fsp3) is 0.500. The summed E-state index contributed by atoms with van der Waals surface area (Å²) in [6, 6.07) is 8.09. The van der Waals surface area contributed by atoms with Gasteiger partial charge in [-0.15, -0.1) is 0 Å². The molecule has 2 fully saturated rings. The third kappa shape index (κ3) is 4.13. The van der Waals surface area contributed by atoms with Gasteiger partial charge in [-0.05, 0) is 62.1 Å². The molecule has 3 heterocycles. The highest BCUT2D eigenvalue weighted by Crippen LogP contribution is 2.37. The number of pyridine rings is 2. The van der Waals surface area contributed by atoms with E-state index in [1.165, 1.54) is 5.56 Å². The van der Waals surface area contributed by atoms with Crippen LogP contribution in [0.25, 0.3) is 0 Å². The molecule has 2 aromatic rings. The van der Waals surface area contributed by atoms with Crippen molar-refractivity contribution in [3.63, 3.8) is 0 Å². The Balaban J connectivity index is 1.33. The molecular weight excluding hydrogens is 336 g/mol. The predicted octanol–water partition coefficient (Wildman–Crippen LogP) is 4.42. The van der Waals surface area contributed by atoms with E-state index in [2.05, 4.69) is 16.0 Å². The summed E-state index contributed by atoms with van der Waals surface area (Å²) in [6.45, 7) is 1.66. The van der Waals surface area contributed by atoms with Gasteiger partial charge in [-0.2, -0.15) is 0 Å². The van der Waals surface area contributed by atoms with E-state index in [9.17, 15) is 0 Å². The summed E-state index contributed by atoms with van der Waals surface area (Å²) >= 11 is 5.89. The van der Waals surface area contributed by atoms with Crippen LogP contribution in [0.4, 0.5) is 0 Å². The summed E-state index contributed by atoms with van der Waals surface area (Å²) in [7, 11) is 0. The zero-order chi connectivity index (χ0) is 17.1. The SMILES string of the molecule is Clc1ccc(CC2CC(Oc3ncccc3C3CCOCC3)C2)nc1. The summed E-state index contributed by atoms with van der Waals surface area (Å²) in [4.78, 5) is 8.89. The van der Waals surface area contributed by atoms with Crippen molar-refractivity contribution in [2.75, 3.05) is 13.2 Å². The van der Waals surface area contributed by atoms with E-state index in [-0.39, 0.29) is 6.10 Å². The van der Waals surface area contributed by atoms with Crippen LogP contribution < -0.4 is 4.74 Å². The van der Waals surface area contributed by atoms with E-state index in [4.69, 9.17) is 21.1 Å². The first-order chi connectivity index (χ1) is 12.3. The van der Waals surface area contributed by atoms with Crippen LogP contribution in [0.3, 0.4) is 0 Å². The Hall–Kier alpha value is -1.65. The number of aromatic nitrogens is 2. The maximum atomic E-state index is 6.23. The first-order valence-electron chi connectivity index (χ1n) is 9.07. The van der Waals surface area contributed by atoms with Gasteiger partial charge in [0.2, 0.25) is 5.88 Å². The average Bonchev–Trinajstić information content (AvgIpc) is 2.63. The molecule has 2 aromatic heterocycles. The Morgan fingerprint density at radius 3 is 2.72 bits per heavy atom. The minimum atomic E-state index is 0.269. The summed E-state index contributed by atoms with van der Waals surface area (Å²) < 4.78 is 11.7. The van der Waals surface area contributed by atoms with Gasteiger partial charge < -0.3 is 9.47 Å². The van der Waals surface area contributed by atoms with Crippen molar-refractivity contribution in [2.24, 2.45) is 5.92 Å². The quantitative estimate of drug-likeness (QED) is 0.793. The minimum absolute atomic E-state index is 0.269. The Labute approximate surface area is 153 Å². The van der Waals surface area contributed by atoms with Crippen LogP contribution in [0.15, 0.2) is 36.7 Å². The number of hydrogen-bond donors (Lipinski definition) is 0. The fourth-order valence-corrected chi connectivity index (χ4v) is 3.85. The number of ether oxygens (including phenoxy) is 2. The van der Waals surface area contributed by atoms with Crippen molar-refractivity contribution in [3.8, 4) is 5.88 Å². The van der Waals surface area contributed by atoms with Crippen molar-refractivity contribution in [1.29, 1.82) is 0 Å². The van der Waals surface area contributed by atoms with Gasteiger partial charge in [-0.25, -0.2) is 4.98 Å². The molecule has 1 aliphatic heterocycles. The number of hydrogen-bond acceptors (Lipinski definition) is 4. The minimum Gasteiger partial charge on any atom is -0.474 e. The van der Waals surface area contributed by atoms with Gasteiger partial charge in [-0.3, -0.25) is 4.98 Å². The molecule has 0 bridgehead atoms. The molecular formula is C20H23ClN2O2. The molecule has 0 unspecified atom stereocenters. The normalized spacial score (nSPS) is 23.9. The zero-order valence-electron chi connectivity index (χ0n) is 14.2. The highest BCUT2D eigenvalue weighted by Gasteiger charge is 2.32. The molecule has 0 atom stereocenters. The largest absolute Gasteiger partial charge is 0.474 e. The molecule has 1 saturated carbocycles. The van der Waals surface area contributed by atoms with Crippen LogP contribution in [0.5, 0.6) is 5.88 Å². The lowest BCUT2D eigenvalue weighted by Gasteiger charge is -2.36. The van der Waals surface area contributed by atoms with E-state index in [0.29, 0.717) is 16.9 Å². The molecule has 5 heteroatoms. The molecule has 0 radical (unpaired) electrons. The zero-order valence-corrected chi connectivity index (χ0v) is 15.0. The van der Waals surface area contributed by atoms with Crippen molar-refractivity contribution in [1.82, 2.24) is 9.97 Å². The summed E-state index contributed by atoms with van der Waals surface area (Å²) in [6.07, 6.45) is 9.04. The molecule has 25 heavy (non-hydrogen) atoms. The Bertz CT molecular complexity index is 695. The molecule has 0 N–H and O–H groups in total. The van der Waals surface area contributed by atoms with E-state index >= 15 is 0 Å². The molecule has 4 rings (SSSR count). The van der Waals surface area contributed by atoms with Gasteiger partial charge in [0.25, 0.3) is 0 Å². The topological polar surface area (TPSA) is 44.2 Å². The first-order valence-corrected chi connectivity index (χ1v) is 9.45. The predicted molar refractivity (Wildman–Crippen MR) is 97.1 cm³/mol. The van der Waals surface area contributed by atoms with Crippen LogP contribution in [0.2, 0.25) is 5.02 Å². The molecule has 0 spiro atoms. The molecule has 0 amide bonds. The van der Waals surface area contributed by atoms with Crippen LogP contribution >= 0.6 is 11.6 Å². The van der Waals surface area contributed by atoms with Crippen LogP contribution in [-0.2, 0) is 11.2 Å².